The molecular weight excluding hydrogens is 355 g/mol. The van der Waals surface area contributed by atoms with Crippen molar-refractivity contribution in [2.45, 2.75) is 6.18 Å². The molecule has 0 aliphatic rings. The van der Waals surface area contributed by atoms with Crippen LogP contribution in [0.5, 0.6) is 11.6 Å². The number of nitro benzene ring substituents is 1. The molecule has 129 valence electrons. The minimum absolute atomic E-state index is 0.000439. The number of nitrogens with zero attached hydrogens (tertiary/aromatic N) is 4. The first-order valence-corrected chi connectivity index (χ1v) is 6.63. The van der Waals surface area contributed by atoms with Crippen molar-refractivity contribution in [1.82, 2.24) is 15.2 Å². The quantitative estimate of drug-likeness (QED) is 0.648. The van der Waals surface area contributed by atoms with Gasteiger partial charge in [0.15, 0.2) is 5.69 Å². The summed E-state index contributed by atoms with van der Waals surface area (Å²) in [4.78, 5) is 10.3. The van der Waals surface area contributed by atoms with Crippen LogP contribution < -0.4 is 15.6 Å². The maximum Gasteiger partial charge on any atom is 0.434 e. The van der Waals surface area contributed by atoms with Gasteiger partial charge >= 0.3 is 6.18 Å². The number of nitro groups is 1. The van der Waals surface area contributed by atoms with E-state index in [-0.39, 0.29) is 17.1 Å². The predicted molar refractivity (Wildman–Crippen MR) is 78.1 cm³/mol. The molecule has 0 unspecified atom stereocenters. The highest BCUT2D eigenvalue weighted by Gasteiger charge is 2.39. The third-order valence-electron chi connectivity index (χ3n) is 2.84. The topological polar surface area (TPSA) is 96.3 Å². The molecular formula is C12H10ClF3N5O3. The van der Waals surface area contributed by atoms with Crippen molar-refractivity contribution in [3.05, 3.63) is 39.0 Å². The molecule has 1 heterocycles. The van der Waals surface area contributed by atoms with E-state index in [1.165, 1.54) is 19.2 Å². The molecule has 0 spiro atoms. The summed E-state index contributed by atoms with van der Waals surface area (Å²) in [6.07, 6.45) is -4.70. The van der Waals surface area contributed by atoms with Crippen LogP contribution in [0.1, 0.15) is 5.69 Å². The van der Waals surface area contributed by atoms with E-state index in [2.05, 4.69) is 16.0 Å². The summed E-state index contributed by atoms with van der Waals surface area (Å²) >= 11 is 5.68. The van der Waals surface area contributed by atoms with Crippen molar-refractivity contribution in [3.8, 4) is 11.6 Å². The molecule has 0 saturated heterocycles. The SMILES string of the molecule is C[N]Nc1cc(Oc2nn(C)c(C(F)(F)F)c2Cl)ccc1[N+](=O)[O-]. The average molecular weight is 365 g/mol. The molecule has 0 bridgehead atoms. The average Bonchev–Trinajstić information content (AvgIpc) is 2.73. The van der Waals surface area contributed by atoms with Gasteiger partial charge in [-0.25, -0.2) is 0 Å². The van der Waals surface area contributed by atoms with Gasteiger partial charge in [-0.2, -0.15) is 13.2 Å². The van der Waals surface area contributed by atoms with Crippen molar-refractivity contribution in [2.75, 3.05) is 12.5 Å². The Morgan fingerprint density at radius 1 is 1.46 bits per heavy atom. The summed E-state index contributed by atoms with van der Waals surface area (Å²) < 4.78 is 44.4. The number of alkyl halides is 3. The molecule has 0 aliphatic carbocycles. The van der Waals surface area contributed by atoms with Crippen molar-refractivity contribution in [1.29, 1.82) is 0 Å². The Hall–Kier alpha value is -2.53. The number of hydrogen-bond acceptors (Lipinski definition) is 5. The van der Waals surface area contributed by atoms with E-state index in [0.29, 0.717) is 4.68 Å². The summed E-state index contributed by atoms with van der Waals surface area (Å²) in [5, 5.41) is 13.8. The minimum Gasteiger partial charge on any atom is -0.436 e. The Bertz CT molecular complexity index is 778. The number of anilines is 1. The molecule has 0 fully saturated rings. The molecule has 1 N–H and O–H groups in total. The van der Waals surface area contributed by atoms with Gasteiger partial charge in [-0.1, -0.05) is 11.6 Å². The van der Waals surface area contributed by atoms with Gasteiger partial charge < -0.3 is 4.74 Å². The van der Waals surface area contributed by atoms with Crippen LogP contribution in [0.15, 0.2) is 18.2 Å². The highest BCUT2D eigenvalue weighted by atomic mass is 35.5. The van der Waals surface area contributed by atoms with E-state index in [1.807, 2.05) is 0 Å². The summed E-state index contributed by atoms with van der Waals surface area (Å²) in [5.41, 5.74) is 4.52. The Labute approximate surface area is 138 Å². The second-order valence-electron chi connectivity index (χ2n) is 4.46. The van der Waals surface area contributed by atoms with Crippen LogP contribution in [0.3, 0.4) is 0 Å². The fourth-order valence-corrected chi connectivity index (χ4v) is 2.21. The van der Waals surface area contributed by atoms with Crippen LogP contribution in [0.2, 0.25) is 5.02 Å². The normalized spacial score (nSPS) is 11.4. The number of ether oxygens (including phenoxy) is 1. The van der Waals surface area contributed by atoms with E-state index in [1.54, 1.807) is 0 Å². The number of nitrogens with one attached hydrogen (secondary N) is 1. The van der Waals surface area contributed by atoms with Crippen LogP contribution in [-0.4, -0.2) is 21.8 Å². The minimum atomic E-state index is -4.70. The van der Waals surface area contributed by atoms with E-state index in [9.17, 15) is 23.3 Å². The Kier molecular flexibility index (Phi) is 4.85. The number of halogens is 4. The van der Waals surface area contributed by atoms with E-state index >= 15 is 0 Å². The van der Waals surface area contributed by atoms with Crippen molar-refractivity contribution in [3.63, 3.8) is 0 Å². The van der Waals surface area contributed by atoms with Gasteiger partial charge in [0.25, 0.3) is 11.6 Å². The second-order valence-corrected chi connectivity index (χ2v) is 4.84. The van der Waals surface area contributed by atoms with E-state index < -0.39 is 27.7 Å². The fourth-order valence-electron chi connectivity index (χ4n) is 1.91. The summed E-state index contributed by atoms with van der Waals surface area (Å²) in [6, 6.07) is 3.52. The van der Waals surface area contributed by atoms with Crippen LogP contribution in [-0.2, 0) is 13.2 Å². The van der Waals surface area contributed by atoms with Gasteiger partial charge in [-0.05, 0) is 6.07 Å². The molecule has 2 rings (SSSR count). The third-order valence-corrected chi connectivity index (χ3v) is 3.18. The Morgan fingerprint density at radius 3 is 2.62 bits per heavy atom. The lowest BCUT2D eigenvalue weighted by molar-refractivity contribution is -0.384. The van der Waals surface area contributed by atoms with E-state index in [0.717, 1.165) is 13.1 Å². The van der Waals surface area contributed by atoms with Crippen molar-refractivity contribution < 1.29 is 22.8 Å². The number of rotatable bonds is 5. The molecule has 1 radical (unpaired) electrons. The predicted octanol–water partition coefficient (Wildman–Crippen LogP) is 3.35. The molecule has 0 saturated carbocycles. The second kappa shape index (κ2) is 6.53. The Balaban J connectivity index is 2.39. The number of aromatic nitrogens is 2. The monoisotopic (exact) mass is 364 g/mol. The third kappa shape index (κ3) is 3.51. The smallest absolute Gasteiger partial charge is 0.434 e. The molecule has 1 aromatic heterocycles. The molecule has 8 nitrogen and oxygen atoms in total. The lowest BCUT2D eigenvalue weighted by atomic mass is 10.2. The molecule has 1 aromatic carbocycles. The summed E-state index contributed by atoms with van der Waals surface area (Å²) in [6.45, 7) is 0. The zero-order valence-electron chi connectivity index (χ0n) is 12.3. The van der Waals surface area contributed by atoms with Crippen LogP contribution in [0.25, 0.3) is 0 Å². The maximum absolute atomic E-state index is 12.9. The largest absolute Gasteiger partial charge is 0.436 e. The van der Waals surface area contributed by atoms with Gasteiger partial charge in [0.05, 0.1) is 4.92 Å². The molecule has 0 aliphatic heterocycles. The summed E-state index contributed by atoms with van der Waals surface area (Å²) in [7, 11) is 2.43. The highest BCUT2D eigenvalue weighted by molar-refractivity contribution is 6.32. The molecule has 24 heavy (non-hydrogen) atoms. The number of benzene rings is 1. The van der Waals surface area contributed by atoms with Crippen molar-refractivity contribution in [2.24, 2.45) is 7.05 Å². The highest BCUT2D eigenvalue weighted by Crippen LogP contribution is 2.41. The van der Waals surface area contributed by atoms with Gasteiger partial charge in [-0.15, -0.1) is 10.5 Å². The lowest BCUT2D eigenvalue weighted by Crippen LogP contribution is -2.12. The summed E-state index contributed by atoms with van der Waals surface area (Å²) in [5.74, 6) is -0.472. The lowest BCUT2D eigenvalue weighted by Gasteiger charge is -2.08. The van der Waals surface area contributed by atoms with Gasteiger partial charge in [0.2, 0.25) is 0 Å². The maximum atomic E-state index is 12.9. The first-order chi connectivity index (χ1) is 11.1. The first kappa shape index (κ1) is 17.8. The fraction of sp³-hybridized carbons (Fsp3) is 0.250. The molecule has 0 amide bonds. The standard InChI is InChI=1S/C12H10ClF3N5O3/c1-17-18-7-5-6(3-4-8(7)21(22)23)24-11-9(13)10(12(14,15)16)20(2)19-11/h3-5,18H,1-2H3. The van der Waals surface area contributed by atoms with E-state index in [4.69, 9.17) is 16.3 Å². The number of hydrogen-bond donors (Lipinski definition) is 1. The first-order valence-electron chi connectivity index (χ1n) is 6.26. The van der Waals surface area contributed by atoms with Gasteiger partial charge in [-0.3, -0.25) is 20.2 Å². The zero-order valence-corrected chi connectivity index (χ0v) is 13.0. The molecule has 12 heteroatoms. The number of aryl methyl sites for hydroxylation is 1. The van der Waals surface area contributed by atoms with Crippen LogP contribution in [0, 0.1) is 10.1 Å². The van der Waals surface area contributed by atoms with Gasteiger partial charge in [0, 0.05) is 26.2 Å². The van der Waals surface area contributed by atoms with Gasteiger partial charge in [0.1, 0.15) is 16.5 Å². The zero-order chi connectivity index (χ0) is 18.1. The van der Waals surface area contributed by atoms with Crippen molar-refractivity contribution >= 4 is 23.0 Å². The Morgan fingerprint density at radius 2 is 2.12 bits per heavy atom. The van der Waals surface area contributed by atoms with Crippen LogP contribution in [0.4, 0.5) is 24.5 Å². The molecule has 2 aromatic rings. The van der Waals surface area contributed by atoms with Crippen LogP contribution >= 0.6 is 11.6 Å². The molecule has 0 atom stereocenters.